The van der Waals surface area contributed by atoms with Crippen LogP contribution in [-0.2, 0) is 16.8 Å². The number of rotatable bonds is 2. The molecule has 0 saturated heterocycles. The van der Waals surface area contributed by atoms with Crippen LogP contribution in [0.5, 0.6) is 0 Å². The fourth-order valence-electron chi connectivity index (χ4n) is 2.80. The summed E-state index contributed by atoms with van der Waals surface area (Å²) in [5.74, 6) is -0.272. The van der Waals surface area contributed by atoms with Gasteiger partial charge in [0, 0.05) is 5.69 Å². The molecule has 2 aromatic carbocycles. The first kappa shape index (κ1) is 14.3. The molecule has 1 heterocycles. The number of benzene rings is 2. The smallest absolute Gasteiger partial charge is 0.237 e. The maximum atomic E-state index is 13.6. The number of amides is 1. The van der Waals surface area contributed by atoms with Gasteiger partial charge < -0.3 is 4.90 Å². The number of anilines is 1. The van der Waals surface area contributed by atoms with E-state index < -0.39 is 5.41 Å². The SMILES string of the molecule is CC1(C)C(=O)N(Cc2cccc(F)c2Br)c2ccccc21. The zero-order valence-corrected chi connectivity index (χ0v) is 13.4. The summed E-state index contributed by atoms with van der Waals surface area (Å²) in [5, 5.41) is 0. The lowest BCUT2D eigenvalue weighted by Gasteiger charge is -2.21. The number of hydrogen-bond donors (Lipinski definition) is 0. The van der Waals surface area contributed by atoms with Crippen molar-refractivity contribution in [1.29, 1.82) is 0 Å². The monoisotopic (exact) mass is 347 g/mol. The Kier molecular flexibility index (Phi) is 3.36. The highest BCUT2D eigenvalue weighted by Gasteiger charge is 2.43. The van der Waals surface area contributed by atoms with Crippen LogP contribution in [0.4, 0.5) is 10.1 Å². The Morgan fingerprint density at radius 3 is 2.62 bits per heavy atom. The van der Waals surface area contributed by atoms with Gasteiger partial charge in [-0.25, -0.2) is 4.39 Å². The highest BCUT2D eigenvalue weighted by Crippen LogP contribution is 2.42. The highest BCUT2D eigenvalue weighted by atomic mass is 79.9. The second-order valence-electron chi connectivity index (χ2n) is 5.75. The van der Waals surface area contributed by atoms with E-state index in [1.807, 2.05) is 44.2 Å². The maximum Gasteiger partial charge on any atom is 0.237 e. The fourth-order valence-corrected chi connectivity index (χ4v) is 3.19. The number of nitrogens with zero attached hydrogens (tertiary/aromatic N) is 1. The van der Waals surface area contributed by atoms with Crippen LogP contribution in [0.2, 0.25) is 0 Å². The minimum absolute atomic E-state index is 0.0415. The molecule has 0 atom stereocenters. The van der Waals surface area contributed by atoms with Crippen molar-refractivity contribution in [3.05, 3.63) is 63.9 Å². The Hall–Kier alpha value is -1.68. The minimum Gasteiger partial charge on any atom is -0.307 e. The van der Waals surface area contributed by atoms with E-state index in [4.69, 9.17) is 0 Å². The zero-order valence-electron chi connectivity index (χ0n) is 11.9. The van der Waals surface area contributed by atoms with Gasteiger partial charge in [-0.15, -0.1) is 0 Å². The third kappa shape index (κ3) is 2.18. The Morgan fingerprint density at radius 1 is 1.14 bits per heavy atom. The van der Waals surface area contributed by atoms with Crippen LogP contribution in [0, 0.1) is 5.82 Å². The molecule has 0 radical (unpaired) electrons. The first-order chi connectivity index (χ1) is 9.93. The van der Waals surface area contributed by atoms with Crippen LogP contribution < -0.4 is 4.90 Å². The third-order valence-electron chi connectivity index (χ3n) is 4.01. The highest BCUT2D eigenvalue weighted by molar-refractivity contribution is 9.10. The van der Waals surface area contributed by atoms with Gasteiger partial charge in [-0.05, 0) is 53.0 Å². The molecule has 0 unspecified atom stereocenters. The summed E-state index contributed by atoms with van der Waals surface area (Å²) in [5.41, 5.74) is 2.14. The molecule has 3 rings (SSSR count). The zero-order chi connectivity index (χ0) is 15.2. The molecule has 4 heteroatoms. The minimum atomic E-state index is -0.545. The van der Waals surface area contributed by atoms with Crippen LogP contribution >= 0.6 is 15.9 Å². The van der Waals surface area contributed by atoms with E-state index in [0.29, 0.717) is 11.0 Å². The summed E-state index contributed by atoms with van der Waals surface area (Å²) >= 11 is 3.26. The van der Waals surface area contributed by atoms with E-state index in [0.717, 1.165) is 16.8 Å². The van der Waals surface area contributed by atoms with Crippen molar-refractivity contribution in [2.45, 2.75) is 25.8 Å². The van der Waals surface area contributed by atoms with Gasteiger partial charge in [0.05, 0.1) is 16.4 Å². The van der Waals surface area contributed by atoms with E-state index in [-0.39, 0.29) is 11.7 Å². The number of carbonyl (C=O) groups is 1. The largest absolute Gasteiger partial charge is 0.307 e. The van der Waals surface area contributed by atoms with Crippen molar-refractivity contribution in [3.63, 3.8) is 0 Å². The van der Waals surface area contributed by atoms with Crippen LogP contribution in [0.3, 0.4) is 0 Å². The third-order valence-corrected chi connectivity index (χ3v) is 4.90. The van der Waals surface area contributed by atoms with Crippen molar-refractivity contribution >= 4 is 27.5 Å². The van der Waals surface area contributed by atoms with Crippen LogP contribution in [0.1, 0.15) is 25.0 Å². The Bertz CT molecular complexity index is 726. The maximum absolute atomic E-state index is 13.6. The van der Waals surface area contributed by atoms with Gasteiger partial charge in [0.1, 0.15) is 5.82 Å². The van der Waals surface area contributed by atoms with E-state index in [9.17, 15) is 9.18 Å². The molecule has 0 saturated carbocycles. The molecule has 2 nitrogen and oxygen atoms in total. The number of hydrogen-bond acceptors (Lipinski definition) is 1. The normalized spacial score (nSPS) is 16.2. The average Bonchev–Trinajstić information content (AvgIpc) is 2.65. The molecule has 2 aromatic rings. The summed E-state index contributed by atoms with van der Waals surface area (Å²) in [6.07, 6.45) is 0. The van der Waals surface area contributed by atoms with Crippen LogP contribution in [-0.4, -0.2) is 5.91 Å². The summed E-state index contributed by atoms with van der Waals surface area (Å²) < 4.78 is 14.1. The molecular weight excluding hydrogens is 333 g/mol. The Balaban J connectivity index is 2.04. The van der Waals surface area contributed by atoms with Gasteiger partial charge in [-0.2, -0.15) is 0 Å². The Labute approximate surface area is 131 Å². The molecule has 21 heavy (non-hydrogen) atoms. The van der Waals surface area contributed by atoms with Gasteiger partial charge in [0.15, 0.2) is 0 Å². The van der Waals surface area contributed by atoms with E-state index >= 15 is 0 Å². The lowest BCUT2D eigenvalue weighted by atomic mass is 9.86. The van der Waals surface area contributed by atoms with E-state index in [1.165, 1.54) is 6.07 Å². The molecule has 0 fully saturated rings. The molecular formula is C17H15BrFNO. The second-order valence-corrected chi connectivity index (χ2v) is 6.54. The number of para-hydroxylation sites is 1. The lowest BCUT2D eigenvalue weighted by Crippen LogP contribution is -2.35. The molecule has 1 amide bonds. The lowest BCUT2D eigenvalue weighted by molar-refractivity contribution is -0.122. The number of fused-ring (bicyclic) bond motifs is 1. The van der Waals surface area contributed by atoms with E-state index in [1.54, 1.807) is 11.0 Å². The topological polar surface area (TPSA) is 20.3 Å². The molecule has 0 spiro atoms. The molecule has 108 valence electrons. The summed E-state index contributed by atoms with van der Waals surface area (Å²) in [7, 11) is 0. The van der Waals surface area contributed by atoms with Crippen molar-refractivity contribution < 1.29 is 9.18 Å². The predicted molar refractivity (Wildman–Crippen MR) is 84.8 cm³/mol. The van der Waals surface area contributed by atoms with Crippen LogP contribution in [0.15, 0.2) is 46.9 Å². The van der Waals surface area contributed by atoms with Crippen LogP contribution in [0.25, 0.3) is 0 Å². The van der Waals surface area contributed by atoms with Gasteiger partial charge in [0.2, 0.25) is 5.91 Å². The summed E-state index contributed by atoms with van der Waals surface area (Å²) in [4.78, 5) is 14.4. The standard InChI is InChI=1S/C17H15BrFNO/c1-17(2)12-7-3-4-9-14(12)20(16(17)21)10-11-6-5-8-13(19)15(11)18/h3-9H,10H2,1-2H3. The first-order valence-corrected chi connectivity index (χ1v) is 7.56. The molecule has 0 aliphatic carbocycles. The Morgan fingerprint density at radius 2 is 1.86 bits per heavy atom. The van der Waals surface area contributed by atoms with Gasteiger partial charge in [-0.3, -0.25) is 4.79 Å². The second kappa shape index (κ2) is 4.95. The quantitative estimate of drug-likeness (QED) is 0.787. The van der Waals surface area contributed by atoms with Gasteiger partial charge in [0.25, 0.3) is 0 Å². The van der Waals surface area contributed by atoms with Crippen molar-refractivity contribution in [3.8, 4) is 0 Å². The van der Waals surface area contributed by atoms with Gasteiger partial charge >= 0.3 is 0 Å². The molecule has 0 N–H and O–H groups in total. The van der Waals surface area contributed by atoms with Crippen molar-refractivity contribution in [2.75, 3.05) is 4.90 Å². The summed E-state index contributed by atoms with van der Waals surface area (Å²) in [6, 6.07) is 12.7. The first-order valence-electron chi connectivity index (χ1n) is 6.77. The summed E-state index contributed by atoms with van der Waals surface area (Å²) in [6.45, 7) is 4.21. The fraction of sp³-hybridized carbons (Fsp3) is 0.235. The van der Waals surface area contributed by atoms with Crippen molar-refractivity contribution in [2.24, 2.45) is 0 Å². The predicted octanol–water partition coefficient (Wildman–Crippen LogP) is 4.41. The molecule has 1 aliphatic rings. The molecule has 0 bridgehead atoms. The number of carbonyl (C=O) groups excluding carboxylic acids is 1. The molecule has 0 aromatic heterocycles. The van der Waals surface area contributed by atoms with Gasteiger partial charge in [-0.1, -0.05) is 30.3 Å². The van der Waals surface area contributed by atoms with E-state index in [2.05, 4.69) is 15.9 Å². The number of halogens is 2. The van der Waals surface area contributed by atoms with Crippen molar-refractivity contribution in [1.82, 2.24) is 0 Å². The molecule has 1 aliphatic heterocycles. The average molecular weight is 348 g/mol.